The van der Waals surface area contributed by atoms with Crippen LogP contribution in [0.4, 0.5) is 0 Å². The van der Waals surface area contributed by atoms with E-state index in [2.05, 4.69) is 13.2 Å². The Hall–Kier alpha value is -2.47. The van der Waals surface area contributed by atoms with Gasteiger partial charge in [-0.3, -0.25) is 0 Å². The Balaban J connectivity index is 2.42. The van der Waals surface area contributed by atoms with Crippen molar-refractivity contribution in [3.05, 3.63) is 47.5 Å². The summed E-state index contributed by atoms with van der Waals surface area (Å²) in [5.74, 6) is -0.00772. The standard InChI is InChI=1S/C18H21ClO6/c1-12(2)17(20)24-7-5-22-15-9-14(19)10-16(11-15)23-6-8-25-18(21)13(3)4/h9-11H,1,3,5-8H2,2,4H3. The molecular weight excluding hydrogens is 348 g/mol. The highest BCUT2D eigenvalue weighted by atomic mass is 35.5. The van der Waals surface area contributed by atoms with Crippen LogP contribution in [0.25, 0.3) is 0 Å². The number of benzene rings is 1. The smallest absolute Gasteiger partial charge is 0.333 e. The monoisotopic (exact) mass is 368 g/mol. The van der Waals surface area contributed by atoms with Gasteiger partial charge in [0.2, 0.25) is 0 Å². The van der Waals surface area contributed by atoms with E-state index in [-0.39, 0.29) is 26.4 Å². The van der Waals surface area contributed by atoms with Crippen molar-refractivity contribution in [3.63, 3.8) is 0 Å². The van der Waals surface area contributed by atoms with Crippen LogP contribution in [0.3, 0.4) is 0 Å². The highest BCUT2D eigenvalue weighted by molar-refractivity contribution is 6.30. The van der Waals surface area contributed by atoms with Crippen LogP contribution in [-0.2, 0) is 19.1 Å². The Morgan fingerprint density at radius 3 is 1.60 bits per heavy atom. The molecule has 0 aliphatic carbocycles. The lowest BCUT2D eigenvalue weighted by atomic mass is 10.3. The molecule has 0 aromatic heterocycles. The number of hydrogen-bond acceptors (Lipinski definition) is 6. The fourth-order valence-electron chi connectivity index (χ4n) is 1.54. The molecule has 136 valence electrons. The maximum absolute atomic E-state index is 11.2. The second-order valence-corrected chi connectivity index (χ2v) is 5.59. The number of carbonyl (C=O) groups is 2. The number of halogens is 1. The summed E-state index contributed by atoms with van der Waals surface area (Å²) in [5.41, 5.74) is 0.650. The fraction of sp³-hybridized carbons (Fsp3) is 0.333. The summed E-state index contributed by atoms with van der Waals surface area (Å²) >= 11 is 6.01. The molecule has 1 aromatic rings. The van der Waals surface area contributed by atoms with Gasteiger partial charge in [0.15, 0.2) is 0 Å². The average molecular weight is 369 g/mol. The summed E-state index contributed by atoms with van der Waals surface area (Å²) in [5, 5.41) is 0.422. The number of ether oxygens (including phenoxy) is 4. The number of hydrogen-bond donors (Lipinski definition) is 0. The molecule has 6 nitrogen and oxygen atoms in total. The molecule has 0 radical (unpaired) electrons. The largest absolute Gasteiger partial charge is 0.490 e. The van der Waals surface area contributed by atoms with E-state index in [1.165, 1.54) is 0 Å². The molecule has 0 unspecified atom stereocenters. The molecule has 0 amide bonds. The first-order valence-electron chi connectivity index (χ1n) is 7.51. The summed E-state index contributed by atoms with van der Waals surface area (Å²) in [4.78, 5) is 22.5. The van der Waals surface area contributed by atoms with Crippen molar-refractivity contribution < 1.29 is 28.5 Å². The van der Waals surface area contributed by atoms with Gasteiger partial charge in [-0.1, -0.05) is 24.8 Å². The highest BCUT2D eigenvalue weighted by Crippen LogP contribution is 2.26. The third kappa shape index (κ3) is 8.26. The predicted molar refractivity (Wildman–Crippen MR) is 94.0 cm³/mol. The maximum atomic E-state index is 11.2. The Morgan fingerprint density at radius 2 is 1.24 bits per heavy atom. The molecule has 0 fully saturated rings. The van der Waals surface area contributed by atoms with Crippen LogP contribution in [0.5, 0.6) is 11.5 Å². The highest BCUT2D eigenvalue weighted by Gasteiger charge is 2.06. The van der Waals surface area contributed by atoms with Gasteiger partial charge in [0.25, 0.3) is 0 Å². The van der Waals surface area contributed by atoms with Crippen molar-refractivity contribution in [2.75, 3.05) is 26.4 Å². The first kappa shape index (κ1) is 20.6. The van der Waals surface area contributed by atoms with E-state index in [4.69, 9.17) is 30.5 Å². The summed E-state index contributed by atoms with van der Waals surface area (Å²) in [6, 6.07) is 4.85. The van der Waals surface area contributed by atoms with E-state index in [9.17, 15) is 9.59 Å². The molecule has 0 heterocycles. The van der Waals surface area contributed by atoms with Gasteiger partial charge >= 0.3 is 11.9 Å². The Bertz CT molecular complexity index is 601. The second kappa shape index (κ2) is 10.4. The number of carbonyl (C=O) groups excluding carboxylic acids is 2. The molecule has 0 aliphatic heterocycles. The molecule has 25 heavy (non-hydrogen) atoms. The van der Waals surface area contributed by atoms with Crippen LogP contribution in [0.15, 0.2) is 42.5 Å². The lowest BCUT2D eigenvalue weighted by Crippen LogP contribution is -2.13. The molecule has 0 saturated heterocycles. The molecule has 0 aliphatic rings. The van der Waals surface area contributed by atoms with Gasteiger partial charge in [-0.2, -0.15) is 0 Å². The molecule has 0 spiro atoms. The maximum Gasteiger partial charge on any atom is 0.333 e. The first-order chi connectivity index (χ1) is 11.8. The molecule has 0 bridgehead atoms. The minimum absolute atomic E-state index is 0.0885. The van der Waals surface area contributed by atoms with Gasteiger partial charge in [0.05, 0.1) is 0 Å². The molecule has 7 heteroatoms. The zero-order chi connectivity index (χ0) is 18.8. The predicted octanol–water partition coefficient (Wildman–Crippen LogP) is 3.34. The number of rotatable bonds is 10. The van der Waals surface area contributed by atoms with E-state index >= 15 is 0 Å². The third-order valence-corrected chi connectivity index (χ3v) is 2.93. The van der Waals surface area contributed by atoms with Gasteiger partial charge in [0.1, 0.15) is 37.9 Å². The van der Waals surface area contributed by atoms with E-state index in [0.717, 1.165) is 0 Å². The molecule has 0 N–H and O–H groups in total. The van der Waals surface area contributed by atoms with Crippen LogP contribution in [-0.4, -0.2) is 38.4 Å². The first-order valence-corrected chi connectivity index (χ1v) is 7.89. The summed E-state index contributed by atoms with van der Waals surface area (Å²) in [6.45, 7) is 10.6. The SMILES string of the molecule is C=C(C)C(=O)OCCOc1cc(Cl)cc(OCCOC(=O)C(=C)C)c1. The van der Waals surface area contributed by atoms with Gasteiger partial charge in [-0.25, -0.2) is 9.59 Å². The van der Waals surface area contributed by atoms with Crippen molar-refractivity contribution in [2.24, 2.45) is 0 Å². The molecule has 1 aromatic carbocycles. The summed E-state index contributed by atoms with van der Waals surface area (Å²) in [6.07, 6.45) is 0. The zero-order valence-electron chi connectivity index (χ0n) is 14.3. The van der Waals surface area contributed by atoms with Gasteiger partial charge in [0, 0.05) is 22.2 Å². The van der Waals surface area contributed by atoms with Gasteiger partial charge in [-0.05, 0) is 26.0 Å². The number of esters is 2. The lowest BCUT2D eigenvalue weighted by molar-refractivity contribution is -0.140. The Kier molecular flexibility index (Phi) is 8.56. The minimum Gasteiger partial charge on any atom is -0.490 e. The van der Waals surface area contributed by atoms with Crippen LogP contribution >= 0.6 is 11.6 Å². The van der Waals surface area contributed by atoms with Crippen LogP contribution < -0.4 is 9.47 Å². The van der Waals surface area contributed by atoms with Crippen molar-refractivity contribution in [1.82, 2.24) is 0 Å². The molecule has 0 saturated carbocycles. The summed E-state index contributed by atoms with van der Waals surface area (Å²) in [7, 11) is 0. The van der Waals surface area contributed by atoms with E-state index in [1.807, 2.05) is 0 Å². The van der Waals surface area contributed by atoms with Crippen LogP contribution in [0.2, 0.25) is 5.02 Å². The van der Waals surface area contributed by atoms with E-state index < -0.39 is 11.9 Å². The van der Waals surface area contributed by atoms with Crippen LogP contribution in [0, 0.1) is 0 Å². The van der Waals surface area contributed by atoms with Gasteiger partial charge < -0.3 is 18.9 Å². The molecule has 1 rings (SSSR count). The topological polar surface area (TPSA) is 71.1 Å². The zero-order valence-corrected chi connectivity index (χ0v) is 15.1. The Morgan fingerprint density at radius 1 is 0.840 bits per heavy atom. The minimum atomic E-state index is -0.469. The van der Waals surface area contributed by atoms with Crippen molar-refractivity contribution >= 4 is 23.5 Å². The van der Waals surface area contributed by atoms with E-state index in [1.54, 1.807) is 32.0 Å². The van der Waals surface area contributed by atoms with Crippen LogP contribution in [0.1, 0.15) is 13.8 Å². The third-order valence-electron chi connectivity index (χ3n) is 2.71. The van der Waals surface area contributed by atoms with Crippen molar-refractivity contribution in [3.8, 4) is 11.5 Å². The second-order valence-electron chi connectivity index (χ2n) is 5.15. The average Bonchev–Trinajstić information content (AvgIpc) is 2.54. The quantitative estimate of drug-likeness (QED) is 0.358. The summed E-state index contributed by atoms with van der Waals surface area (Å²) < 4.78 is 20.8. The lowest BCUT2D eigenvalue weighted by Gasteiger charge is -2.11. The van der Waals surface area contributed by atoms with Gasteiger partial charge in [-0.15, -0.1) is 0 Å². The normalized spacial score (nSPS) is 9.88. The fourth-order valence-corrected chi connectivity index (χ4v) is 1.75. The van der Waals surface area contributed by atoms with Crippen molar-refractivity contribution in [1.29, 1.82) is 0 Å². The Labute approximate surface area is 152 Å². The van der Waals surface area contributed by atoms with E-state index in [0.29, 0.717) is 27.7 Å². The van der Waals surface area contributed by atoms with Crippen molar-refractivity contribution in [2.45, 2.75) is 13.8 Å². The molecular formula is C18H21ClO6. The molecule has 0 atom stereocenters.